The van der Waals surface area contributed by atoms with E-state index < -0.39 is 0 Å². The molecule has 0 radical (unpaired) electrons. The Hall–Kier alpha value is -0.630. The van der Waals surface area contributed by atoms with Crippen LogP contribution in [0.2, 0.25) is 0 Å². The minimum atomic E-state index is -0.118. The predicted octanol–water partition coefficient (Wildman–Crippen LogP) is 6.86. The van der Waals surface area contributed by atoms with Gasteiger partial charge in [0, 0.05) is 12.3 Å². The number of carbonyl (C=O) groups is 1. The lowest BCUT2D eigenvalue weighted by atomic mass is 9.47. The van der Waals surface area contributed by atoms with Crippen LogP contribution < -0.4 is 0 Å². The van der Waals surface area contributed by atoms with Gasteiger partial charge in [-0.1, -0.05) is 25.5 Å². The Kier molecular flexibility index (Phi) is 4.85. The standard InChI is InChI=1S/C29H44O2/c1-27-12-9-21(30)17-20(27)3-4-22-23-5-6-25(28(23,2)13-10-24(22)27)26(31)11-16-29-14-7-19(18-29)8-15-29/h3,19,21-25,30H,4-18H2,1-2H3/t19?,21-,22-,23-,24-,25+,27-,28-,29?/m0/s1. The Morgan fingerprint density at radius 2 is 1.81 bits per heavy atom. The first kappa shape index (κ1) is 20.9. The Morgan fingerprint density at radius 1 is 1.00 bits per heavy atom. The van der Waals surface area contributed by atoms with Crippen LogP contribution in [0.5, 0.6) is 0 Å². The molecule has 0 aliphatic heterocycles. The molecule has 2 nitrogen and oxygen atoms in total. The molecule has 2 bridgehead atoms. The maximum atomic E-state index is 13.6. The number of hydrogen-bond acceptors (Lipinski definition) is 2. The monoisotopic (exact) mass is 424 g/mol. The molecule has 2 heteroatoms. The van der Waals surface area contributed by atoms with E-state index in [0.29, 0.717) is 22.5 Å². The molecular formula is C29H44O2. The summed E-state index contributed by atoms with van der Waals surface area (Å²) in [4.78, 5) is 13.6. The third kappa shape index (κ3) is 3.09. The van der Waals surface area contributed by atoms with E-state index in [1.54, 1.807) is 5.57 Å². The van der Waals surface area contributed by atoms with E-state index >= 15 is 0 Å². The van der Waals surface area contributed by atoms with Crippen molar-refractivity contribution in [3.8, 4) is 0 Å². The molecule has 0 aromatic heterocycles. The predicted molar refractivity (Wildman–Crippen MR) is 124 cm³/mol. The molecule has 0 amide bonds. The number of ketones is 1. The second-order valence-electron chi connectivity index (χ2n) is 13.4. The number of Topliss-reactive ketones (excluding diaryl/α,β-unsaturated/α-hetero) is 1. The van der Waals surface area contributed by atoms with Crippen molar-refractivity contribution in [1.29, 1.82) is 0 Å². The van der Waals surface area contributed by atoms with Gasteiger partial charge in [0.2, 0.25) is 0 Å². The van der Waals surface area contributed by atoms with Gasteiger partial charge in [-0.25, -0.2) is 0 Å². The van der Waals surface area contributed by atoms with Crippen LogP contribution in [-0.2, 0) is 4.79 Å². The van der Waals surface area contributed by atoms with Crippen molar-refractivity contribution in [2.45, 2.75) is 116 Å². The third-order valence-electron chi connectivity index (χ3n) is 12.3. The highest BCUT2D eigenvalue weighted by molar-refractivity contribution is 5.82. The average Bonchev–Trinajstić information content (AvgIpc) is 3.45. The molecule has 6 rings (SSSR count). The molecule has 0 saturated heterocycles. The number of rotatable bonds is 4. The van der Waals surface area contributed by atoms with Crippen LogP contribution in [0.15, 0.2) is 11.6 Å². The SMILES string of the molecule is C[C@]12CC[C@H]3[C@@H](CC=C4C[C@@H](O)CC[C@@]43C)[C@@H]1CC[C@@H]2C(=O)CCC12CCC(CC1)C2. The number of fused-ring (bicyclic) bond motifs is 7. The molecule has 0 spiro atoms. The summed E-state index contributed by atoms with van der Waals surface area (Å²) in [7, 11) is 0. The zero-order valence-electron chi connectivity index (χ0n) is 20.0. The highest BCUT2D eigenvalue weighted by Gasteiger charge is 2.59. The summed E-state index contributed by atoms with van der Waals surface area (Å²) in [6.07, 6.45) is 20.8. The van der Waals surface area contributed by atoms with E-state index in [0.717, 1.165) is 55.8 Å². The fourth-order valence-electron chi connectivity index (χ4n) is 10.4. The van der Waals surface area contributed by atoms with E-state index in [-0.39, 0.29) is 11.5 Å². The second-order valence-corrected chi connectivity index (χ2v) is 13.4. The minimum absolute atomic E-state index is 0.118. The Balaban J connectivity index is 1.17. The molecule has 172 valence electrons. The van der Waals surface area contributed by atoms with Gasteiger partial charge < -0.3 is 5.11 Å². The molecule has 0 aromatic carbocycles. The van der Waals surface area contributed by atoms with E-state index in [1.165, 1.54) is 64.2 Å². The molecule has 0 aromatic rings. The maximum Gasteiger partial charge on any atom is 0.136 e. The van der Waals surface area contributed by atoms with Crippen molar-refractivity contribution in [3.63, 3.8) is 0 Å². The van der Waals surface area contributed by atoms with E-state index in [9.17, 15) is 9.90 Å². The van der Waals surface area contributed by atoms with E-state index in [1.807, 2.05) is 0 Å². The average molecular weight is 425 g/mol. The lowest BCUT2D eigenvalue weighted by Gasteiger charge is -2.58. The third-order valence-corrected chi connectivity index (χ3v) is 12.3. The summed E-state index contributed by atoms with van der Waals surface area (Å²) in [6.45, 7) is 5.02. The van der Waals surface area contributed by atoms with Gasteiger partial charge >= 0.3 is 0 Å². The molecule has 1 N–H and O–H groups in total. The molecule has 6 aliphatic carbocycles. The van der Waals surface area contributed by atoms with Gasteiger partial charge in [-0.05, 0) is 130 Å². The van der Waals surface area contributed by atoms with Gasteiger partial charge in [0.1, 0.15) is 5.78 Å². The number of aliphatic hydroxyl groups excluding tert-OH is 1. The normalized spacial score (nSPS) is 52.9. The summed E-state index contributed by atoms with van der Waals surface area (Å²) in [5.41, 5.74) is 2.68. The van der Waals surface area contributed by atoms with Crippen molar-refractivity contribution in [1.82, 2.24) is 0 Å². The number of hydrogen-bond donors (Lipinski definition) is 1. The second kappa shape index (κ2) is 7.18. The van der Waals surface area contributed by atoms with Crippen LogP contribution in [0.4, 0.5) is 0 Å². The van der Waals surface area contributed by atoms with Crippen molar-refractivity contribution in [2.75, 3.05) is 0 Å². The van der Waals surface area contributed by atoms with E-state index in [4.69, 9.17) is 0 Å². The first-order valence-corrected chi connectivity index (χ1v) is 13.7. The van der Waals surface area contributed by atoms with Crippen LogP contribution >= 0.6 is 0 Å². The number of allylic oxidation sites excluding steroid dienone is 1. The highest BCUT2D eigenvalue weighted by Crippen LogP contribution is 2.66. The van der Waals surface area contributed by atoms with Crippen LogP contribution in [0, 0.1) is 45.8 Å². The minimum Gasteiger partial charge on any atom is -0.393 e. The lowest BCUT2D eigenvalue weighted by Crippen LogP contribution is -2.51. The van der Waals surface area contributed by atoms with Gasteiger partial charge in [-0.3, -0.25) is 4.79 Å². The van der Waals surface area contributed by atoms with Crippen LogP contribution in [0.25, 0.3) is 0 Å². The maximum absolute atomic E-state index is 13.6. The quantitative estimate of drug-likeness (QED) is 0.501. The van der Waals surface area contributed by atoms with Gasteiger partial charge in [0.15, 0.2) is 0 Å². The van der Waals surface area contributed by atoms with Gasteiger partial charge in [-0.2, -0.15) is 0 Å². The first-order chi connectivity index (χ1) is 14.8. The zero-order chi connectivity index (χ0) is 21.4. The van der Waals surface area contributed by atoms with Gasteiger partial charge in [-0.15, -0.1) is 0 Å². The summed E-state index contributed by atoms with van der Waals surface area (Å²) >= 11 is 0. The summed E-state index contributed by atoms with van der Waals surface area (Å²) < 4.78 is 0. The number of aliphatic hydroxyl groups is 1. The lowest BCUT2D eigenvalue weighted by molar-refractivity contribution is -0.130. The molecule has 5 fully saturated rings. The molecular weight excluding hydrogens is 380 g/mol. The fourth-order valence-corrected chi connectivity index (χ4v) is 10.4. The van der Waals surface area contributed by atoms with Crippen LogP contribution in [0.1, 0.15) is 110 Å². The molecule has 7 atom stereocenters. The molecule has 31 heavy (non-hydrogen) atoms. The van der Waals surface area contributed by atoms with Crippen molar-refractivity contribution in [2.24, 2.45) is 45.8 Å². The van der Waals surface area contributed by atoms with Crippen LogP contribution in [-0.4, -0.2) is 17.0 Å². The fraction of sp³-hybridized carbons (Fsp3) is 0.897. The summed E-state index contributed by atoms with van der Waals surface area (Å²) in [5.74, 6) is 4.24. The Labute approximate surface area is 189 Å². The van der Waals surface area contributed by atoms with Crippen molar-refractivity contribution >= 4 is 5.78 Å². The van der Waals surface area contributed by atoms with Gasteiger partial charge in [0.05, 0.1) is 6.10 Å². The van der Waals surface area contributed by atoms with Crippen LogP contribution in [0.3, 0.4) is 0 Å². The van der Waals surface area contributed by atoms with E-state index in [2.05, 4.69) is 19.9 Å². The Morgan fingerprint density at radius 3 is 2.55 bits per heavy atom. The van der Waals surface area contributed by atoms with Gasteiger partial charge in [0.25, 0.3) is 0 Å². The molecule has 0 unspecified atom stereocenters. The highest BCUT2D eigenvalue weighted by atomic mass is 16.3. The first-order valence-electron chi connectivity index (χ1n) is 13.7. The Bertz CT molecular complexity index is 774. The van der Waals surface area contributed by atoms with Crippen molar-refractivity contribution < 1.29 is 9.90 Å². The topological polar surface area (TPSA) is 37.3 Å². The summed E-state index contributed by atoms with van der Waals surface area (Å²) in [6, 6.07) is 0. The van der Waals surface area contributed by atoms with Crippen molar-refractivity contribution in [3.05, 3.63) is 11.6 Å². The molecule has 0 heterocycles. The number of carbonyl (C=O) groups excluding carboxylic acids is 1. The molecule has 6 aliphatic rings. The smallest absolute Gasteiger partial charge is 0.136 e. The molecule has 5 saturated carbocycles. The summed E-state index contributed by atoms with van der Waals surface area (Å²) in [5, 5.41) is 10.2. The zero-order valence-corrected chi connectivity index (χ0v) is 20.0. The largest absolute Gasteiger partial charge is 0.393 e.